The number of rotatable bonds is 16. The van der Waals surface area contributed by atoms with Gasteiger partial charge in [-0.05, 0) is 306 Å². The lowest BCUT2D eigenvalue weighted by Crippen LogP contribution is -2.10. The normalized spacial score (nSPS) is 11.5. The van der Waals surface area contributed by atoms with Crippen LogP contribution in [0.5, 0.6) is 0 Å². The van der Waals surface area contributed by atoms with Crippen molar-refractivity contribution in [1.82, 2.24) is 0 Å². The molecule has 0 saturated carbocycles. The summed E-state index contributed by atoms with van der Waals surface area (Å²) in [6, 6.07) is 200. The lowest BCUT2D eigenvalue weighted by atomic mass is 9.94. The van der Waals surface area contributed by atoms with Crippen LogP contribution in [0.4, 0.5) is 51.2 Å². The molecule has 676 valence electrons. The zero-order valence-corrected chi connectivity index (χ0v) is 81.1. The minimum Gasteiger partial charge on any atom is -0.311 e. The molecule has 0 saturated heterocycles. The topological polar surface area (TPSA) is 9.72 Å². The van der Waals surface area contributed by atoms with E-state index in [1.165, 1.54) is 203 Å². The minimum absolute atomic E-state index is 1.11. The minimum atomic E-state index is 1.11. The van der Waals surface area contributed by atoms with Crippen LogP contribution in [-0.2, 0) is 0 Å². The fourth-order valence-corrected chi connectivity index (χ4v) is 24.7. The first kappa shape index (κ1) is 86.5. The highest BCUT2D eigenvalue weighted by Crippen LogP contribution is 2.50. The lowest BCUT2D eigenvalue weighted by molar-refractivity contribution is 1.28. The van der Waals surface area contributed by atoms with E-state index in [0.717, 1.165) is 51.2 Å². The highest BCUT2D eigenvalue weighted by Gasteiger charge is 2.23. The van der Waals surface area contributed by atoms with E-state index in [-0.39, 0.29) is 0 Å². The van der Waals surface area contributed by atoms with E-state index in [4.69, 9.17) is 0 Å². The van der Waals surface area contributed by atoms with Gasteiger partial charge in [0.05, 0.1) is 0 Å². The molecule has 28 rings (SSSR count). The molecular weight excluding hydrogens is 1800 g/mol. The quantitative estimate of drug-likeness (QED) is 0.0893. The zero-order valence-electron chi connectivity index (χ0n) is 78.6. The van der Waals surface area contributed by atoms with Crippen molar-refractivity contribution >= 4 is 210 Å². The first-order valence-electron chi connectivity index (χ1n) is 49.1. The van der Waals surface area contributed by atoms with Crippen molar-refractivity contribution < 1.29 is 0 Å². The second-order valence-electron chi connectivity index (χ2n) is 36.9. The Labute approximate surface area is 848 Å². The van der Waals surface area contributed by atoms with Gasteiger partial charge in [0.1, 0.15) is 0 Å². The van der Waals surface area contributed by atoms with Gasteiger partial charge in [-0.1, -0.05) is 388 Å². The number of para-hydroxylation sites is 2. The van der Waals surface area contributed by atoms with Crippen LogP contribution in [0.1, 0.15) is 0 Å². The number of hydrogen-bond donors (Lipinski definition) is 0. The molecule has 0 radical (unpaired) electrons. The number of benzene rings is 25. The third-order valence-electron chi connectivity index (χ3n) is 28.3. The molecule has 0 N–H and O–H groups in total. The third-order valence-corrected chi connectivity index (χ3v) is 31.7. The summed E-state index contributed by atoms with van der Waals surface area (Å²) in [6.45, 7) is 0. The van der Waals surface area contributed by atoms with Crippen molar-refractivity contribution in [2.75, 3.05) is 14.7 Å². The monoisotopic (exact) mass is 1890 g/mol. The van der Waals surface area contributed by atoms with E-state index in [2.05, 4.69) is 567 Å². The smallest absolute Gasteiger partial charge is 0.0467 e. The van der Waals surface area contributed by atoms with Crippen LogP contribution in [0.3, 0.4) is 0 Å². The van der Waals surface area contributed by atoms with Crippen molar-refractivity contribution in [1.29, 1.82) is 0 Å². The Balaban J connectivity index is 0.000000110. The fraction of sp³-hybridized carbons (Fsp3) is 0. The standard InChI is InChI=1S/C50H33NS.2C44H29NS/c1-3-10-34(11-4-1)36-20-26-42(27-21-36)51(43-28-22-37(23-29-43)35-12-5-2-6-13-35)44-15-9-14-39(33-44)40-24-30-45-41(32-40)19-18-38-25-31-48-50(49(38)45)46-16-7-8-17-47(46)52-48;1-3-10-30(11-4-1)31-22-25-37(26-23-31)45(36-13-5-2-6-14-36)38-15-9-12-34(28-38)35-21-19-32-18-20-33-24-27-42-44(43(33)40(32)29-35)39-16-7-8-17-41(39)46-42;1-3-9-30(10-4-1)31-19-24-37(25-20-31)45(36-11-5-2-6-12-36)38-26-21-32(22-27-38)35-18-16-33-15-17-34-23-28-42-44(43(34)40(33)29-35)39-13-7-8-14-41(39)46-42/h1-33H;2*1-29H. The molecule has 3 aromatic heterocycles. The predicted molar refractivity (Wildman–Crippen MR) is 625 cm³/mol. The van der Waals surface area contributed by atoms with Crippen LogP contribution in [0.2, 0.25) is 0 Å². The SMILES string of the molecule is c1ccc(-c2ccc(N(c3ccc(-c4ccccc4)cc3)c3cccc(-c4ccc5c(ccc6ccc7sc8ccccc8c7c65)c4)c3)cc2)cc1.c1ccc(-c2ccc(N(c3ccccc3)c3ccc(-c4ccc5ccc6ccc7sc8ccccc8c7c6c5c4)cc3)cc2)cc1.c1ccc(-c2ccc(N(c3ccccc3)c3cccc(-c4ccc5ccc6ccc7sc8ccccc8c7c6c5c4)c3)cc2)cc1. The Hall–Kier alpha value is -17.9. The molecule has 0 amide bonds. The summed E-state index contributed by atoms with van der Waals surface area (Å²) in [5.41, 5.74) is 27.0. The molecule has 144 heavy (non-hydrogen) atoms. The van der Waals surface area contributed by atoms with Gasteiger partial charge in [0, 0.05) is 112 Å². The van der Waals surface area contributed by atoms with Crippen LogP contribution in [0.15, 0.2) is 552 Å². The number of fused-ring (bicyclic) bond motifs is 21. The second kappa shape index (κ2) is 37.7. The number of hydrogen-bond acceptors (Lipinski definition) is 6. The maximum Gasteiger partial charge on any atom is 0.0467 e. The van der Waals surface area contributed by atoms with Crippen molar-refractivity contribution in [2.45, 2.75) is 0 Å². The number of nitrogens with zero attached hydrogens (tertiary/aromatic N) is 3. The molecule has 3 nitrogen and oxygen atoms in total. The summed E-state index contributed by atoms with van der Waals surface area (Å²) in [5, 5.41) is 23.7. The molecule has 0 spiro atoms. The van der Waals surface area contributed by atoms with E-state index < -0.39 is 0 Å². The van der Waals surface area contributed by atoms with E-state index in [1.807, 2.05) is 34.0 Å². The number of anilines is 9. The van der Waals surface area contributed by atoms with Gasteiger partial charge in [0.25, 0.3) is 0 Å². The van der Waals surface area contributed by atoms with Gasteiger partial charge in [0.2, 0.25) is 0 Å². The maximum absolute atomic E-state index is 2.39. The Kier molecular flexibility index (Phi) is 22.6. The highest BCUT2D eigenvalue weighted by atomic mass is 32.1. The Morgan fingerprint density at radius 1 is 0.104 bits per heavy atom. The molecule has 0 bridgehead atoms. The van der Waals surface area contributed by atoms with Crippen LogP contribution in [0.25, 0.3) is 203 Å². The summed E-state index contributed by atoms with van der Waals surface area (Å²) >= 11 is 5.64. The van der Waals surface area contributed by atoms with E-state index >= 15 is 0 Å². The number of thiophene rings is 3. The molecule has 0 aliphatic heterocycles. The van der Waals surface area contributed by atoms with Gasteiger partial charge >= 0.3 is 0 Å². The molecule has 0 aliphatic rings. The van der Waals surface area contributed by atoms with Crippen molar-refractivity contribution in [3.63, 3.8) is 0 Å². The summed E-state index contributed by atoms with van der Waals surface area (Å²) in [6.07, 6.45) is 0. The molecule has 28 aromatic rings. The van der Waals surface area contributed by atoms with Gasteiger partial charge in [0.15, 0.2) is 0 Å². The van der Waals surface area contributed by atoms with Gasteiger partial charge in [-0.2, -0.15) is 0 Å². The molecule has 25 aromatic carbocycles. The summed E-state index contributed by atoms with van der Waals surface area (Å²) < 4.78 is 8.03. The van der Waals surface area contributed by atoms with Crippen LogP contribution < -0.4 is 14.7 Å². The predicted octanol–water partition coefficient (Wildman–Crippen LogP) is 41.2. The van der Waals surface area contributed by atoms with E-state index in [1.54, 1.807) is 0 Å². The Morgan fingerprint density at radius 3 is 0.667 bits per heavy atom. The molecule has 3 heterocycles. The molecule has 0 atom stereocenters. The molecular formula is C138H91N3S3. The Bertz CT molecular complexity index is 9570. The Morgan fingerprint density at radius 2 is 0.319 bits per heavy atom. The van der Waals surface area contributed by atoms with Crippen molar-refractivity contribution in [2.24, 2.45) is 0 Å². The summed E-state index contributed by atoms with van der Waals surface area (Å²) in [7, 11) is 0. The molecule has 6 heteroatoms. The van der Waals surface area contributed by atoms with Crippen LogP contribution in [-0.4, -0.2) is 0 Å². The largest absolute Gasteiger partial charge is 0.311 e. The van der Waals surface area contributed by atoms with Gasteiger partial charge in [-0.15, -0.1) is 34.0 Å². The summed E-state index contributed by atoms with van der Waals surface area (Å²) in [5.74, 6) is 0. The first-order valence-corrected chi connectivity index (χ1v) is 51.6. The second-order valence-corrected chi connectivity index (χ2v) is 40.1. The maximum atomic E-state index is 2.39. The molecule has 0 aliphatic carbocycles. The third kappa shape index (κ3) is 16.5. The fourth-order valence-electron chi connectivity index (χ4n) is 21.3. The highest BCUT2D eigenvalue weighted by molar-refractivity contribution is 7.27. The summed E-state index contributed by atoms with van der Waals surface area (Å²) in [4.78, 5) is 7.03. The van der Waals surface area contributed by atoms with Crippen molar-refractivity contribution in [3.8, 4) is 77.9 Å². The van der Waals surface area contributed by atoms with E-state index in [0.29, 0.717) is 0 Å². The van der Waals surface area contributed by atoms with Gasteiger partial charge in [-0.25, -0.2) is 0 Å². The zero-order chi connectivity index (χ0) is 95.3. The average Bonchev–Trinajstić information content (AvgIpc) is 1.56. The van der Waals surface area contributed by atoms with Gasteiger partial charge < -0.3 is 14.7 Å². The van der Waals surface area contributed by atoms with Crippen molar-refractivity contribution in [3.05, 3.63) is 552 Å². The first-order chi connectivity index (χ1) is 71.4. The van der Waals surface area contributed by atoms with Gasteiger partial charge in [-0.3, -0.25) is 0 Å². The lowest BCUT2D eigenvalue weighted by Gasteiger charge is -2.26. The molecule has 0 unspecified atom stereocenters. The average molecular weight is 1890 g/mol. The van der Waals surface area contributed by atoms with Crippen LogP contribution in [0, 0.1) is 0 Å². The molecule has 0 fully saturated rings. The van der Waals surface area contributed by atoms with Crippen LogP contribution >= 0.6 is 34.0 Å². The van der Waals surface area contributed by atoms with E-state index in [9.17, 15) is 0 Å².